The number of thioether (sulfide) groups is 2. The van der Waals surface area contributed by atoms with E-state index < -0.39 is 172 Å². The number of hydrogen-bond donors (Lipinski definition) is 14. The molecule has 580 valence electrons. The number of carbonyl (C=O) groups excluding carboxylic acids is 13. The third kappa shape index (κ3) is 33.6. The van der Waals surface area contributed by atoms with Crippen molar-refractivity contribution < 1.29 is 72.2 Å². The standard InChI is InChI=1S/C71H124N14O15S2/c1-17-43(9)56-59(91)58(90)55(42(7)8)81-67(99)51(37-41(5)6)80-68(100)71(14,83-63(95)47(29-34-101-15)28-27-45(11)86)32-24-22-20-19-21-23-31-70(13,85-84-56)53(87)38-48(30-35-102-16)62(94)76-46(12)61(93)78-50(36-40(3)4)65(97)79-52(39-54(88)89)66(98)77-49(26-25-33-75-69(73)74)64(96)82-57(60(72)92)44(10)18-2/h19-20,40-44,46-52,55-57,84-85H,17-18,21-39H2,1-16H3,(H2,72,92)(H,76,94)(H,77,98)(H,78,93)(H,79,97)(H,80,100)(H,81,99)(H,82,96)(H,83,95)(H,88,89)(H4,73,74,75)/b20-19-/t43-,44-,46?,47-,48+,49-,50-,51-,52?,55-,56-,57-,70-,71-/m0/s1. The zero-order valence-corrected chi connectivity index (χ0v) is 65.0. The van der Waals surface area contributed by atoms with Crippen LogP contribution in [0.3, 0.4) is 0 Å². The Balaban J connectivity index is 3.81. The van der Waals surface area contributed by atoms with Crippen molar-refractivity contribution in [3.05, 3.63) is 12.2 Å². The van der Waals surface area contributed by atoms with Gasteiger partial charge in [-0.1, -0.05) is 94.2 Å². The van der Waals surface area contributed by atoms with E-state index in [-0.39, 0.29) is 94.3 Å². The number of aliphatic imine (C=N–C) groups is 1. The van der Waals surface area contributed by atoms with Gasteiger partial charge in [-0.05, 0) is 165 Å². The van der Waals surface area contributed by atoms with Crippen molar-refractivity contribution in [1.82, 2.24) is 53.4 Å². The van der Waals surface area contributed by atoms with Gasteiger partial charge >= 0.3 is 5.97 Å². The van der Waals surface area contributed by atoms with Crippen LogP contribution < -0.4 is 70.6 Å². The molecule has 0 bridgehead atoms. The third-order valence-corrected chi connectivity index (χ3v) is 19.7. The fourth-order valence-electron chi connectivity index (χ4n) is 11.5. The number of carbonyl (C=O) groups is 14. The van der Waals surface area contributed by atoms with E-state index in [2.05, 4.69) is 58.4 Å². The predicted molar refractivity (Wildman–Crippen MR) is 398 cm³/mol. The quantitative estimate of drug-likeness (QED) is 0.0137. The average Bonchev–Trinajstić information content (AvgIpc) is 0.859. The summed E-state index contributed by atoms with van der Waals surface area (Å²) in [7, 11) is 0. The molecule has 29 nitrogen and oxygen atoms in total. The summed E-state index contributed by atoms with van der Waals surface area (Å²) in [5.74, 6) is -13.6. The minimum Gasteiger partial charge on any atom is -0.481 e. The van der Waals surface area contributed by atoms with Gasteiger partial charge in [0.05, 0.1) is 24.0 Å². The molecule has 0 radical (unpaired) electrons. The van der Waals surface area contributed by atoms with E-state index >= 15 is 4.79 Å². The first kappa shape index (κ1) is 93.0. The molecular formula is C71H124N14O15S2. The number of hydrazine groups is 1. The van der Waals surface area contributed by atoms with Crippen molar-refractivity contribution in [3.63, 3.8) is 0 Å². The number of rotatable bonds is 40. The molecule has 0 spiro atoms. The molecule has 0 aliphatic carbocycles. The smallest absolute Gasteiger partial charge is 0.305 e. The number of primary amides is 1. The number of nitrogens with two attached hydrogens (primary N) is 3. The van der Waals surface area contributed by atoms with Crippen molar-refractivity contribution >= 4 is 112 Å². The van der Waals surface area contributed by atoms with E-state index in [1.807, 2.05) is 45.4 Å². The lowest BCUT2D eigenvalue weighted by Gasteiger charge is -2.35. The number of hydrogen-bond acceptors (Lipinski definition) is 19. The number of nitrogens with one attached hydrogen (secondary N) is 10. The van der Waals surface area contributed by atoms with Crippen molar-refractivity contribution in [1.29, 1.82) is 0 Å². The summed E-state index contributed by atoms with van der Waals surface area (Å²) in [4.78, 5) is 199. The number of amides is 9. The molecule has 102 heavy (non-hydrogen) atoms. The normalized spacial score (nSPS) is 22.0. The van der Waals surface area contributed by atoms with Crippen molar-refractivity contribution in [2.45, 2.75) is 272 Å². The highest BCUT2D eigenvalue weighted by atomic mass is 32.2. The highest BCUT2D eigenvalue weighted by molar-refractivity contribution is 7.98. The van der Waals surface area contributed by atoms with E-state index in [0.29, 0.717) is 56.5 Å². The Morgan fingerprint density at radius 2 is 1.21 bits per heavy atom. The van der Waals surface area contributed by atoms with Crippen molar-refractivity contribution in [2.75, 3.05) is 30.6 Å². The first-order valence-corrected chi connectivity index (χ1v) is 38.8. The van der Waals surface area contributed by atoms with Gasteiger partial charge in [0, 0.05) is 31.2 Å². The molecule has 2 unspecified atom stereocenters. The maximum absolute atomic E-state index is 15.1. The number of carboxylic acids is 1. The molecule has 0 fully saturated rings. The fourth-order valence-corrected chi connectivity index (χ4v) is 12.5. The Labute approximate surface area is 612 Å². The molecule has 1 aliphatic rings. The number of allylic oxidation sites excluding steroid dienone is 2. The predicted octanol–water partition coefficient (Wildman–Crippen LogP) is 3.47. The van der Waals surface area contributed by atoms with Crippen LogP contribution in [-0.2, 0) is 67.1 Å². The average molecular weight is 1480 g/mol. The first-order valence-electron chi connectivity index (χ1n) is 36.0. The molecule has 31 heteroatoms. The third-order valence-electron chi connectivity index (χ3n) is 18.5. The largest absolute Gasteiger partial charge is 0.481 e. The van der Waals surface area contributed by atoms with Crippen LogP contribution in [-0.4, -0.2) is 183 Å². The van der Waals surface area contributed by atoms with E-state index in [9.17, 15) is 67.4 Å². The molecule has 0 saturated carbocycles. The van der Waals surface area contributed by atoms with Crippen LogP contribution in [0.4, 0.5) is 0 Å². The van der Waals surface area contributed by atoms with Crippen molar-refractivity contribution in [2.24, 2.45) is 63.6 Å². The molecule has 0 saturated heterocycles. The Morgan fingerprint density at radius 1 is 0.647 bits per heavy atom. The first-order chi connectivity index (χ1) is 47.7. The monoisotopic (exact) mass is 1480 g/mol. The summed E-state index contributed by atoms with van der Waals surface area (Å²) in [6.07, 6.45) is 10.3. The SMILES string of the molecule is CC[C@H](C)[C@H](NC(=O)[C@H](CCCN=C(N)N)NC(=O)C(CC(=O)O)NC(=O)[C@H](CC(C)C)NC(=O)C(C)NC(=O)[C@H](CCSC)CC(=O)[C@]1(C)CCC/C=C\CCC[C@](C)(NC(=O)[C@H](CCSC)CCC(C)=O)C(=O)N[C@@H](CC(C)C)C(=O)N[C@@H](C(C)C)C(=O)C(=O)[C@H]([C@@H](C)CC)NN1)C(N)=O. The molecule has 1 rings (SSSR count). The summed E-state index contributed by atoms with van der Waals surface area (Å²) in [6, 6.07) is -10.9. The number of Topliss-reactive ketones (excluding diaryl/α,β-unsaturated/α-hetero) is 4. The van der Waals surface area contributed by atoms with E-state index in [0.717, 1.165) is 0 Å². The van der Waals surface area contributed by atoms with Crippen LogP contribution in [0.15, 0.2) is 17.1 Å². The van der Waals surface area contributed by atoms with E-state index in [1.54, 1.807) is 74.1 Å². The number of nitrogens with zero attached hydrogens (tertiary/aromatic N) is 1. The lowest BCUT2D eigenvalue weighted by Crippen LogP contribution is -2.64. The number of aliphatic carboxylic acids is 1. The van der Waals surface area contributed by atoms with Gasteiger partial charge in [-0.15, -0.1) is 0 Å². The van der Waals surface area contributed by atoms with E-state index in [1.165, 1.54) is 25.6 Å². The number of ketones is 4. The van der Waals surface area contributed by atoms with Crippen LogP contribution in [0.1, 0.15) is 213 Å². The molecule has 0 aromatic carbocycles. The summed E-state index contributed by atoms with van der Waals surface area (Å²) in [5.41, 5.74) is 19.7. The van der Waals surface area contributed by atoms with Gasteiger partial charge in [-0.2, -0.15) is 23.5 Å². The molecular weight excluding hydrogens is 1350 g/mol. The zero-order chi connectivity index (χ0) is 77.8. The minimum atomic E-state index is -1.80. The van der Waals surface area contributed by atoms with Gasteiger partial charge in [0.25, 0.3) is 0 Å². The fraction of sp³-hybridized carbons (Fsp3) is 0.761. The summed E-state index contributed by atoms with van der Waals surface area (Å²) in [6.45, 7) is 23.7. The minimum absolute atomic E-state index is 0.0317. The maximum Gasteiger partial charge on any atom is 0.305 e. The Bertz CT molecular complexity index is 2880. The number of carboxylic acid groups (broad SMARTS) is 1. The van der Waals surface area contributed by atoms with Gasteiger partial charge in [-0.25, -0.2) is 10.9 Å². The number of guanidine groups is 1. The van der Waals surface area contributed by atoms with Gasteiger partial charge in [0.15, 0.2) is 11.7 Å². The Hall–Kier alpha value is -6.99. The molecule has 0 aromatic rings. The Morgan fingerprint density at radius 3 is 1.74 bits per heavy atom. The molecule has 0 aromatic heterocycles. The van der Waals surface area contributed by atoms with Gasteiger partial charge in [0.2, 0.25) is 64.7 Å². The van der Waals surface area contributed by atoms with Gasteiger partial charge in [-0.3, -0.25) is 67.3 Å². The lowest BCUT2D eigenvalue weighted by molar-refractivity contribution is -0.142. The van der Waals surface area contributed by atoms with Crippen LogP contribution in [0.25, 0.3) is 0 Å². The van der Waals surface area contributed by atoms with Crippen LogP contribution in [0.5, 0.6) is 0 Å². The molecule has 1 heterocycles. The van der Waals surface area contributed by atoms with Gasteiger partial charge in [0.1, 0.15) is 47.6 Å². The van der Waals surface area contributed by atoms with Crippen LogP contribution >= 0.6 is 23.5 Å². The molecule has 9 amide bonds. The second kappa shape index (κ2) is 47.4. The van der Waals surface area contributed by atoms with E-state index in [4.69, 9.17) is 17.2 Å². The second-order valence-corrected chi connectivity index (χ2v) is 30.8. The van der Waals surface area contributed by atoms with Crippen LogP contribution in [0, 0.1) is 41.4 Å². The molecule has 17 N–H and O–H groups in total. The highest BCUT2D eigenvalue weighted by Gasteiger charge is 2.43. The highest BCUT2D eigenvalue weighted by Crippen LogP contribution is 2.26. The summed E-state index contributed by atoms with van der Waals surface area (Å²) < 4.78 is 0. The van der Waals surface area contributed by atoms with Crippen LogP contribution in [0.2, 0.25) is 0 Å². The molecule has 14 atom stereocenters. The second-order valence-electron chi connectivity index (χ2n) is 28.8. The lowest BCUT2D eigenvalue weighted by atomic mass is 9.84. The Kier molecular flexibility index (Phi) is 43.2. The van der Waals surface area contributed by atoms with Crippen molar-refractivity contribution in [3.8, 4) is 0 Å². The summed E-state index contributed by atoms with van der Waals surface area (Å²) >= 11 is 2.97. The topological polar surface area (TPSA) is 470 Å². The molecule has 1 aliphatic heterocycles. The summed E-state index contributed by atoms with van der Waals surface area (Å²) in [5, 5.41) is 31.4. The zero-order valence-electron chi connectivity index (χ0n) is 63.3. The maximum atomic E-state index is 15.1. The van der Waals surface area contributed by atoms with Gasteiger partial charge < -0.3 is 69.6 Å².